The first-order chi connectivity index (χ1) is 20.1. The number of hydrogen-bond acceptors (Lipinski definition) is 8. The van der Waals surface area contributed by atoms with Crippen LogP contribution in [0.5, 0.6) is 0 Å². The number of nitrogens with one attached hydrogen (secondary N) is 2. The zero-order valence-corrected chi connectivity index (χ0v) is 23.2. The van der Waals surface area contributed by atoms with Crippen molar-refractivity contribution in [2.75, 3.05) is 64.3 Å². The Hall–Kier alpha value is -3.79. The largest absolute Gasteiger partial charge is 0.379 e. The van der Waals surface area contributed by atoms with E-state index in [0.717, 1.165) is 22.4 Å². The summed E-state index contributed by atoms with van der Waals surface area (Å²) < 4.78 is 21.5. The van der Waals surface area contributed by atoms with Crippen molar-refractivity contribution in [1.29, 1.82) is 0 Å². The minimum Gasteiger partial charge on any atom is -0.379 e. The molecule has 1 aliphatic rings. The Labute approximate surface area is 240 Å². The lowest BCUT2D eigenvalue weighted by Gasteiger charge is -2.26. The van der Waals surface area contributed by atoms with Crippen molar-refractivity contribution in [3.8, 4) is 11.8 Å². The third-order valence-electron chi connectivity index (χ3n) is 6.06. The summed E-state index contributed by atoms with van der Waals surface area (Å²) in [5.74, 6) is 10.8. The molecule has 0 unspecified atom stereocenters. The molecule has 0 aliphatic carbocycles. The molecule has 0 fully saturated rings. The molecule has 3 amide bonds. The van der Waals surface area contributed by atoms with Gasteiger partial charge in [-0.25, -0.2) is 5.84 Å². The number of carbonyl (C=O) groups excluding carboxylic acids is 3. The lowest BCUT2D eigenvalue weighted by Crippen LogP contribution is -2.35. The number of ether oxygens (including phenoxy) is 4. The maximum atomic E-state index is 13.2. The van der Waals surface area contributed by atoms with Gasteiger partial charge in [-0.15, -0.1) is 0 Å². The highest BCUT2D eigenvalue weighted by Gasteiger charge is 2.21. The van der Waals surface area contributed by atoms with E-state index < -0.39 is 0 Å². The molecule has 0 aromatic heterocycles. The van der Waals surface area contributed by atoms with Crippen LogP contribution in [0.4, 0.5) is 5.69 Å². The van der Waals surface area contributed by atoms with Crippen LogP contribution in [0.2, 0.25) is 0 Å². The van der Waals surface area contributed by atoms with Crippen LogP contribution in [-0.2, 0) is 39.9 Å². The topological polar surface area (TPSA) is 141 Å². The quantitative estimate of drug-likeness (QED) is 0.0806. The fourth-order valence-corrected chi connectivity index (χ4v) is 3.90. The van der Waals surface area contributed by atoms with Gasteiger partial charge in [0.05, 0.1) is 71.5 Å². The van der Waals surface area contributed by atoms with E-state index in [2.05, 4.69) is 17.2 Å². The van der Waals surface area contributed by atoms with Crippen LogP contribution in [0.25, 0.3) is 0 Å². The second kappa shape index (κ2) is 18.5. The van der Waals surface area contributed by atoms with Crippen LogP contribution in [0, 0.1) is 11.8 Å². The molecule has 11 heteroatoms. The summed E-state index contributed by atoms with van der Waals surface area (Å²) >= 11 is 0. The number of fused-ring (bicyclic) bond motifs is 2. The summed E-state index contributed by atoms with van der Waals surface area (Å²) in [7, 11) is 0. The summed E-state index contributed by atoms with van der Waals surface area (Å²) in [6.45, 7) is 3.55. The lowest BCUT2D eigenvalue weighted by atomic mass is 10.0. The molecule has 1 heterocycles. The zero-order valence-electron chi connectivity index (χ0n) is 23.2. The van der Waals surface area contributed by atoms with E-state index >= 15 is 0 Å². The van der Waals surface area contributed by atoms with Crippen molar-refractivity contribution in [1.82, 2.24) is 10.7 Å². The van der Waals surface area contributed by atoms with E-state index in [0.29, 0.717) is 46.2 Å². The number of carbonyl (C=O) groups is 3. The van der Waals surface area contributed by atoms with E-state index in [-0.39, 0.29) is 56.7 Å². The summed E-state index contributed by atoms with van der Waals surface area (Å²) in [5.41, 5.74) is 5.49. The average molecular weight is 567 g/mol. The van der Waals surface area contributed by atoms with Crippen LogP contribution in [0.15, 0.2) is 48.5 Å². The first-order valence-corrected chi connectivity index (χ1v) is 13.6. The number of nitrogens with two attached hydrogens (primary N) is 1. The molecule has 2 aromatic rings. The smallest absolute Gasteiger partial charge is 0.236 e. The Morgan fingerprint density at radius 2 is 1.24 bits per heavy atom. The Balaban J connectivity index is 1.23. The number of rotatable bonds is 18. The molecule has 3 rings (SSSR count). The predicted octanol–water partition coefficient (Wildman–Crippen LogP) is 1.28. The van der Waals surface area contributed by atoms with Gasteiger partial charge in [-0.1, -0.05) is 42.2 Å². The van der Waals surface area contributed by atoms with Gasteiger partial charge in [0.15, 0.2) is 0 Å². The molecule has 2 aromatic carbocycles. The summed E-state index contributed by atoms with van der Waals surface area (Å²) in [6, 6.07) is 15.4. The van der Waals surface area contributed by atoms with Crippen molar-refractivity contribution in [2.24, 2.45) is 5.84 Å². The molecule has 220 valence electrons. The van der Waals surface area contributed by atoms with E-state index in [1.54, 1.807) is 4.90 Å². The molecule has 1 aliphatic heterocycles. The molecule has 41 heavy (non-hydrogen) atoms. The highest BCUT2D eigenvalue weighted by Crippen LogP contribution is 2.25. The van der Waals surface area contributed by atoms with Gasteiger partial charge in [0, 0.05) is 30.5 Å². The van der Waals surface area contributed by atoms with Crippen LogP contribution in [0.1, 0.15) is 36.0 Å². The summed E-state index contributed by atoms with van der Waals surface area (Å²) in [4.78, 5) is 38.1. The Morgan fingerprint density at radius 1 is 0.707 bits per heavy atom. The number of anilines is 1. The fourth-order valence-electron chi connectivity index (χ4n) is 3.90. The van der Waals surface area contributed by atoms with Gasteiger partial charge in [0.1, 0.15) is 0 Å². The van der Waals surface area contributed by atoms with Crippen LogP contribution in [-0.4, -0.2) is 77.1 Å². The molecule has 4 N–H and O–H groups in total. The highest BCUT2D eigenvalue weighted by molar-refractivity contribution is 5.95. The average Bonchev–Trinajstić information content (AvgIpc) is 2.98. The van der Waals surface area contributed by atoms with E-state index in [9.17, 15) is 14.4 Å². The molecule has 0 atom stereocenters. The first kappa shape index (κ1) is 31.7. The monoisotopic (exact) mass is 566 g/mol. The number of hydrogen-bond donors (Lipinski definition) is 3. The molecular formula is C30H38N4O7. The third-order valence-corrected chi connectivity index (χ3v) is 6.06. The van der Waals surface area contributed by atoms with E-state index in [1.807, 2.05) is 54.0 Å². The second-order valence-electron chi connectivity index (χ2n) is 9.02. The number of nitrogens with zero attached hydrogens (tertiary/aromatic N) is 1. The van der Waals surface area contributed by atoms with Gasteiger partial charge in [0.25, 0.3) is 0 Å². The van der Waals surface area contributed by atoms with Crippen molar-refractivity contribution in [3.63, 3.8) is 0 Å². The number of amides is 3. The normalized spacial score (nSPS) is 11.8. The van der Waals surface area contributed by atoms with Gasteiger partial charge in [-0.05, 0) is 23.8 Å². The van der Waals surface area contributed by atoms with Crippen LogP contribution in [0.3, 0.4) is 0 Å². The Kier molecular flexibility index (Phi) is 14.3. The van der Waals surface area contributed by atoms with Gasteiger partial charge >= 0.3 is 0 Å². The Bertz CT molecular complexity index is 1190. The molecular weight excluding hydrogens is 528 g/mol. The SMILES string of the molecule is NNC(=O)CCOCCOCCOCCOCCC(=O)NCCC(=O)N1Cc2ccccc2C#Cc2ccccc21. The van der Waals surface area contributed by atoms with Crippen molar-refractivity contribution < 1.29 is 33.3 Å². The maximum absolute atomic E-state index is 13.2. The number of hydrazine groups is 1. The van der Waals surface area contributed by atoms with Crippen molar-refractivity contribution >= 4 is 23.4 Å². The Morgan fingerprint density at radius 3 is 1.90 bits per heavy atom. The van der Waals surface area contributed by atoms with Crippen LogP contribution >= 0.6 is 0 Å². The molecule has 0 radical (unpaired) electrons. The molecule has 11 nitrogen and oxygen atoms in total. The van der Waals surface area contributed by atoms with E-state index in [1.165, 1.54) is 0 Å². The van der Waals surface area contributed by atoms with Gasteiger partial charge < -0.3 is 29.2 Å². The second-order valence-corrected chi connectivity index (χ2v) is 9.02. The van der Waals surface area contributed by atoms with Gasteiger partial charge in [-0.3, -0.25) is 19.8 Å². The lowest BCUT2D eigenvalue weighted by molar-refractivity contribution is -0.123. The number of para-hydroxylation sites is 1. The molecule has 0 saturated carbocycles. The standard InChI is InChI=1S/C30H38N4O7/c31-33-29(36)13-16-39-18-20-41-22-21-40-19-17-38-15-12-28(35)32-14-11-30(37)34-23-26-7-2-1-5-24(26)9-10-25-6-3-4-8-27(25)34/h1-8H,11-23,31H2,(H,32,35)(H,33,36). The van der Waals surface area contributed by atoms with Gasteiger partial charge in [-0.2, -0.15) is 0 Å². The minimum atomic E-state index is -0.275. The molecule has 0 saturated heterocycles. The van der Waals surface area contributed by atoms with Crippen molar-refractivity contribution in [2.45, 2.75) is 25.8 Å². The predicted molar refractivity (Wildman–Crippen MR) is 153 cm³/mol. The van der Waals surface area contributed by atoms with Crippen molar-refractivity contribution in [3.05, 3.63) is 65.2 Å². The maximum Gasteiger partial charge on any atom is 0.236 e. The highest BCUT2D eigenvalue weighted by atomic mass is 16.6. The zero-order chi connectivity index (χ0) is 29.1. The summed E-state index contributed by atoms with van der Waals surface area (Å²) in [6.07, 6.45) is 0.574. The molecule has 0 bridgehead atoms. The molecule has 0 spiro atoms. The fraction of sp³-hybridized carbons (Fsp3) is 0.433. The van der Waals surface area contributed by atoms with Gasteiger partial charge in [0.2, 0.25) is 17.7 Å². The van der Waals surface area contributed by atoms with Crippen LogP contribution < -0.4 is 21.5 Å². The summed E-state index contributed by atoms with van der Waals surface area (Å²) in [5, 5.41) is 2.80. The minimum absolute atomic E-state index is 0.0855. The third kappa shape index (κ3) is 11.7. The first-order valence-electron chi connectivity index (χ1n) is 13.6. The number of benzene rings is 2. The van der Waals surface area contributed by atoms with E-state index in [4.69, 9.17) is 24.8 Å².